The van der Waals surface area contributed by atoms with E-state index in [0.29, 0.717) is 10.0 Å². The number of hydrogen-bond acceptors (Lipinski definition) is 1. The van der Waals surface area contributed by atoms with Gasteiger partial charge in [-0.15, -0.1) is 0 Å². The largest absolute Gasteiger partial charge is 0.335 e. The maximum atomic E-state index is 6.10. The molecule has 2 aromatic rings. The van der Waals surface area contributed by atoms with Crippen LogP contribution < -0.4 is 0 Å². The highest BCUT2D eigenvalue weighted by Gasteiger charge is 2.27. The maximum Gasteiger partial charge on any atom is 0.105 e. The molecule has 1 aromatic carbocycles. The van der Waals surface area contributed by atoms with Crippen molar-refractivity contribution in [2.75, 3.05) is 0 Å². The van der Waals surface area contributed by atoms with Gasteiger partial charge in [-0.25, -0.2) is 4.98 Å². The van der Waals surface area contributed by atoms with Crippen LogP contribution in [0.15, 0.2) is 24.4 Å². The molecule has 0 aliphatic rings. The predicted molar refractivity (Wildman–Crippen MR) is 76.5 cm³/mol. The van der Waals surface area contributed by atoms with Crippen molar-refractivity contribution < 1.29 is 0 Å². The molecule has 2 rings (SSSR count). The van der Waals surface area contributed by atoms with Gasteiger partial charge in [-0.3, -0.25) is 0 Å². The Balaban J connectivity index is 2.53. The number of imidazole rings is 1. The fourth-order valence-electron chi connectivity index (χ4n) is 2.12. The van der Waals surface area contributed by atoms with E-state index in [0.717, 1.165) is 17.1 Å². The second-order valence-corrected chi connectivity index (χ2v) is 5.82. The van der Waals surface area contributed by atoms with Crippen molar-refractivity contribution in [2.24, 2.45) is 7.05 Å². The number of benzene rings is 1. The third-order valence-corrected chi connectivity index (χ3v) is 4.24. The Hall–Kier alpha value is -0.990. The molecule has 0 saturated carbocycles. The van der Waals surface area contributed by atoms with Gasteiger partial charge in [0.1, 0.15) is 5.82 Å². The molecule has 1 heterocycles. The van der Waals surface area contributed by atoms with Gasteiger partial charge in [-0.2, -0.15) is 0 Å². The van der Waals surface area contributed by atoms with Gasteiger partial charge >= 0.3 is 0 Å². The summed E-state index contributed by atoms with van der Waals surface area (Å²) >= 11 is 12.1. The first-order valence-electron chi connectivity index (χ1n) is 5.78. The molecular formula is C14H16Cl2N2. The highest BCUT2D eigenvalue weighted by Crippen LogP contribution is 2.34. The van der Waals surface area contributed by atoms with Crippen LogP contribution in [-0.4, -0.2) is 9.55 Å². The van der Waals surface area contributed by atoms with Crippen LogP contribution in [0.3, 0.4) is 0 Å². The number of halogens is 2. The number of aryl methyl sites for hydroxylation is 1. The van der Waals surface area contributed by atoms with Gasteiger partial charge in [-0.05, 0) is 24.6 Å². The van der Waals surface area contributed by atoms with E-state index < -0.39 is 0 Å². The summed E-state index contributed by atoms with van der Waals surface area (Å²) < 4.78 is 2.10. The van der Waals surface area contributed by atoms with E-state index in [9.17, 15) is 0 Å². The van der Waals surface area contributed by atoms with E-state index in [1.165, 1.54) is 0 Å². The zero-order chi connectivity index (χ0) is 13.5. The molecule has 0 radical (unpaired) electrons. The fraction of sp³-hybridized carbons (Fsp3) is 0.357. The molecule has 0 unspecified atom stereocenters. The van der Waals surface area contributed by atoms with Crippen LogP contribution >= 0.6 is 23.2 Å². The Morgan fingerprint density at radius 3 is 2.33 bits per heavy atom. The second kappa shape index (κ2) is 4.60. The lowest BCUT2D eigenvalue weighted by atomic mass is 9.82. The molecule has 2 nitrogen and oxygen atoms in total. The van der Waals surface area contributed by atoms with Crippen molar-refractivity contribution in [3.8, 4) is 0 Å². The van der Waals surface area contributed by atoms with Crippen molar-refractivity contribution in [1.82, 2.24) is 9.55 Å². The van der Waals surface area contributed by atoms with E-state index in [1.807, 2.05) is 38.4 Å². The third kappa shape index (κ3) is 2.15. The smallest absolute Gasteiger partial charge is 0.105 e. The fourth-order valence-corrected chi connectivity index (χ4v) is 2.41. The molecular weight excluding hydrogens is 267 g/mol. The monoisotopic (exact) mass is 282 g/mol. The topological polar surface area (TPSA) is 17.8 Å². The highest BCUT2D eigenvalue weighted by molar-refractivity contribution is 6.42. The maximum absolute atomic E-state index is 6.10. The van der Waals surface area contributed by atoms with Crippen LogP contribution in [0.25, 0.3) is 0 Å². The Morgan fingerprint density at radius 1 is 1.17 bits per heavy atom. The summed E-state index contributed by atoms with van der Waals surface area (Å²) in [6, 6.07) is 5.77. The molecule has 4 heteroatoms. The average molecular weight is 283 g/mol. The average Bonchev–Trinajstić information content (AvgIpc) is 2.64. The van der Waals surface area contributed by atoms with Crippen molar-refractivity contribution >= 4 is 23.2 Å². The van der Waals surface area contributed by atoms with Gasteiger partial charge in [-0.1, -0.05) is 43.1 Å². The number of aromatic nitrogens is 2. The molecule has 0 spiro atoms. The van der Waals surface area contributed by atoms with E-state index in [-0.39, 0.29) is 5.41 Å². The first-order valence-corrected chi connectivity index (χ1v) is 6.54. The van der Waals surface area contributed by atoms with E-state index in [4.69, 9.17) is 23.2 Å². The molecule has 18 heavy (non-hydrogen) atoms. The van der Waals surface area contributed by atoms with Gasteiger partial charge < -0.3 is 4.57 Å². The Morgan fingerprint density at radius 2 is 1.83 bits per heavy atom. The van der Waals surface area contributed by atoms with Crippen molar-refractivity contribution in [2.45, 2.75) is 26.2 Å². The zero-order valence-electron chi connectivity index (χ0n) is 11.0. The molecule has 1 aromatic heterocycles. The summed E-state index contributed by atoms with van der Waals surface area (Å²) in [6.45, 7) is 6.31. The van der Waals surface area contributed by atoms with Gasteiger partial charge in [0.2, 0.25) is 0 Å². The molecule has 0 saturated heterocycles. The second-order valence-electron chi connectivity index (χ2n) is 5.00. The summed E-state index contributed by atoms with van der Waals surface area (Å²) in [5, 5.41) is 1.17. The van der Waals surface area contributed by atoms with Gasteiger partial charge in [0.15, 0.2) is 0 Å². The van der Waals surface area contributed by atoms with Crippen LogP contribution in [0, 0.1) is 6.92 Å². The first kappa shape index (κ1) is 13.4. The molecule has 0 aliphatic carbocycles. The lowest BCUT2D eigenvalue weighted by Crippen LogP contribution is -2.22. The minimum atomic E-state index is -0.162. The van der Waals surface area contributed by atoms with Gasteiger partial charge in [0, 0.05) is 24.4 Å². The SMILES string of the molecule is Cc1ncc(C(C)(C)c2ccc(Cl)c(Cl)c2)n1C. The Kier molecular flexibility index (Phi) is 3.43. The van der Waals surface area contributed by atoms with Crippen molar-refractivity contribution in [3.05, 3.63) is 51.5 Å². The van der Waals surface area contributed by atoms with E-state index in [2.05, 4.69) is 23.4 Å². The van der Waals surface area contributed by atoms with Crippen LogP contribution in [0.1, 0.15) is 30.9 Å². The predicted octanol–water partition coefficient (Wildman–Crippen LogP) is 4.36. The van der Waals surface area contributed by atoms with Gasteiger partial charge in [0.05, 0.1) is 10.0 Å². The van der Waals surface area contributed by atoms with Crippen LogP contribution in [0.2, 0.25) is 10.0 Å². The Bertz CT molecular complexity index is 585. The minimum absolute atomic E-state index is 0.162. The summed E-state index contributed by atoms with van der Waals surface area (Å²) in [5.74, 6) is 0.998. The third-order valence-electron chi connectivity index (χ3n) is 3.50. The number of nitrogens with zero attached hydrogens (tertiary/aromatic N) is 2. The summed E-state index contributed by atoms with van der Waals surface area (Å²) in [5.41, 5.74) is 2.11. The summed E-state index contributed by atoms with van der Waals surface area (Å²) in [6.07, 6.45) is 1.91. The molecule has 0 atom stereocenters. The molecule has 0 bridgehead atoms. The van der Waals surface area contributed by atoms with Crippen LogP contribution in [0.4, 0.5) is 0 Å². The Labute approximate surface area is 118 Å². The minimum Gasteiger partial charge on any atom is -0.335 e. The molecule has 0 amide bonds. The van der Waals surface area contributed by atoms with Crippen molar-refractivity contribution in [3.63, 3.8) is 0 Å². The zero-order valence-corrected chi connectivity index (χ0v) is 12.5. The molecule has 96 valence electrons. The highest BCUT2D eigenvalue weighted by atomic mass is 35.5. The van der Waals surface area contributed by atoms with E-state index in [1.54, 1.807) is 0 Å². The molecule has 0 N–H and O–H groups in total. The standard InChI is InChI=1S/C14H16Cl2N2/c1-9-17-8-13(18(9)4)14(2,3)10-5-6-11(15)12(16)7-10/h5-8H,1-4H3. The number of hydrogen-bond donors (Lipinski definition) is 0. The molecule has 0 aliphatic heterocycles. The van der Waals surface area contributed by atoms with Crippen LogP contribution in [0.5, 0.6) is 0 Å². The number of rotatable bonds is 2. The first-order chi connectivity index (χ1) is 8.34. The quantitative estimate of drug-likeness (QED) is 0.800. The summed E-state index contributed by atoms with van der Waals surface area (Å²) in [7, 11) is 2.02. The van der Waals surface area contributed by atoms with Gasteiger partial charge in [0.25, 0.3) is 0 Å². The lowest BCUT2D eigenvalue weighted by molar-refractivity contribution is 0.580. The van der Waals surface area contributed by atoms with Crippen molar-refractivity contribution in [1.29, 1.82) is 0 Å². The summed E-state index contributed by atoms with van der Waals surface area (Å²) in [4.78, 5) is 4.35. The molecule has 0 fully saturated rings. The van der Waals surface area contributed by atoms with E-state index >= 15 is 0 Å². The normalized spacial score (nSPS) is 11.9. The lowest BCUT2D eigenvalue weighted by Gasteiger charge is -2.26. The van der Waals surface area contributed by atoms with Crippen LogP contribution in [-0.2, 0) is 12.5 Å².